The summed E-state index contributed by atoms with van der Waals surface area (Å²) in [5.41, 5.74) is 0. The molecule has 1 amide bonds. The Morgan fingerprint density at radius 1 is 1.47 bits per heavy atom. The topological polar surface area (TPSA) is 56.7 Å². The van der Waals surface area contributed by atoms with E-state index in [2.05, 4.69) is 15.6 Å². The van der Waals surface area contributed by atoms with Gasteiger partial charge in [0.1, 0.15) is 0 Å². The van der Waals surface area contributed by atoms with Crippen molar-refractivity contribution in [3.63, 3.8) is 0 Å². The molecule has 0 radical (unpaired) electrons. The third-order valence-electron chi connectivity index (χ3n) is 2.58. The molecule has 1 rings (SSSR count). The van der Waals surface area contributed by atoms with Crippen LogP contribution in [0.2, 0.25) is 0 Å². The number of hydrogen-bond acceptors (Lipinski definition) is 2. The van der Waals surface area contributed by atoms with E-state index in [1.807, 2.05) is 0 Å². The van der Waals surface area contributed by atoms with Crippen LogP contribution in [0.15, 0.2) is 4.99 Å². The lowest BCUT2D eigenvalue weighted by Gasteiger charge is -2.28. The van der Waals surface area contributed by atoms with Crippen LogP contribution in [0, 0.1) is 0 Å². The third kappa shape index (κ3) is 3.77. The van der Waals surface area contributed by atoms with Crippen LogP contribution in [0.5, 0.6) is 0 Å². The van der Waals surface area contributed by atoms with Gasteiger partial charge in [-0.15, -0.1) is 0 Å². The number of nitrogens with zero attached hydrogens (tertiary/aromatic N) is 2. The number of guanidine groups is 1. The Morgan fingerprint density at radius 3 is 2.53 bits per heavy atom. The molecule has 0 spiro atoms. The van der Waals surface area contributed by atoms with Crippen molar-refractivity contribution in [2.75, 3.05) is 27.7 Å². The Balaban J connectivity index is 2.24. The lowest BCUT2D eigenvalue weighted by molar-refractivity contribution is -0.127. The first kappa shape index (κ1) is 11.8. The highest BCUT2D eigenvalue weighted by Gasteiger charge is 2.18. The molecule has 1 saturated carbocycles. The zero-order chi connectivity index (χ0) is 11.3. The van der Waals surface area contributed by atoms with Crippen LogP contribution in [0.3, 0.4) is 0 Å². The molecular formula is C10H20N4O. The van der Waals surface area contributed by atoms with Crippen molar-refractivity contribution in [1.29, 1.82) is 0 Å². The summed E-state index contributed by atoms with van der Waals surface area (Å²) in [5.74, 6) is 0.765. The molecule has 0 bridgehead atoms. The van der Waals surface area contributed by atoms with Crippen molar-refractivity contribution in [3.05, 3.63) is 0 Å². The minimum absolute atomic E-state index is 0.0477. The fraction of sp³-hybridized carbons (Fsp3) is 0.800. The van der Waals surface area contributed by atoms with E-state index < -0.39 is 0 Å². The first-order valence-corrected chi connectivity index (χ1v) is 5.31. The van der Waals surface area contributed by atoms with E-state index in [-0.39, 0.29) is 5.91 Å². The van der Waals surface area contributed by atoms with Gasteiger partial charge in [0.2, 0.25) is 5.91 Å². The van der Waals surface area contributed by atoms with Crippen LogP contribution < -0.4 is 10.6 Å². The van der Waals surface area contributed by atoms with Crippen molar-refractivity contribution in [1.82, 2.24) is 15.5 Å². The first-order chi connectivity index (χ1) is 7.13. The van der Waals surface area contributed by atoms with E-state index in [9.17, 15) is 4.79 Å². The molecule has 0 aliphatic heterocycles. The molecule has 1 aliphatic carbocycles. The summed E-state index contributed by atoms with van der Waals surface area (Å²) in [6, 6.07) is 0.533. The van der Waals surface area contributed by atoms with Crippen LogP contribution in [0.4, 0.5) is 0 Å². The second-order valence-corrected chi connectivity index (χ2v) is 3.99. The smallest absolute Gasteiger partial charge is 0.241 e. The van der Waals surface area contributed by atoms with E-state index in [1.165, 1.54) is 19.3 Å². The Hall–Kier alpha value is -1.26. The van der Waals surface area contributed by atoms with Gasteiger partial charge in [-0.1, -0.05) is 0 Å². The number of rotatable bonds is 3. The van der Waals surface area contributed by atoms with Gasteiger partial charge in [-0.05, 0) is 19.3 Å². The summed E-state index contributed by atoms with van der Waals surface area (Å²) in [4.78, 5) is 16.9. The van der Waals surface area contributed by atoms with E-state index in [1.54, 1.807) is 26.0 Å². The summed E-state index contributed by atoms with van der Waals surface area (Å²) >= 11 is 0. The number of hydrogen-bond donors (Lipinski definition) is 2. The van der Waals surface area contributed by atoms with Gasteiger partial charge in [0.05, 0.1) is 6.54 Å². The first-order valence-electron chi connectivity index (χ1n) is 5.31. The number of amides is 1. The predicted molar refractivity (Wildman–Crippen MR) is 60.8 cm³/mol. The van der Waals surface area contributed by atoms with Crippen molar-refractivity contribution in [2.24, 2.45) is 4.99 Å². The molecule has 2 N–H and O–H groups in total. The van der Waals surface area contributed by atoms with Gasteiger partial charge >= 0.3 is 0 Å². The number of carbonyl (C=O) groups is 1. The Bertz CT molecular complexity index is 246. The van der Waals surface area contributed by atoms with Gasteiger partial charge in [0.15, 0.2) is 5.96 Å². The van der Waals surface area contributed by atoms with Crippen molar-refractivity contribution in [3.8, 4) is 0 Å². The van der Waals surface area contributed by atoms with Gasteiger partial charge in [-0.25, -0.2) is 0 Å². The molecule has 5 nitrogen and oxygen atoms in total. The molecule has 0 atom stereocenters. The molecule has 1 aliphatic rings. The number of likely N-dealkylation sites (N-methyl/N-ethyl adjacent to an activating group) is 1. The van der Waals surface area contributed by atoms with Crippen LogP contribution >= 0.6 is 0 Å². The number of nitrogens with one attached hydrogen (secondary N) is 2. The molecule has 86 valence electrons. The highest BCUT2D eigenvalue weighted by Crippen LogP contribution is 2.17. The monoisotopic (exact) mass is 212 g/mol. The molecule has 0 unspecified atom stereocenters. The average molecular weight is 212 g/mol. The van der Waals surface area contributed by atoms with Gasteiger partial charge < -0.3 is 15.5 Å². The van der Waals surface area contributed by atoms with E-state index in [4.69, 9.17) is 0 Å². The lowest BCUT2D eigenvalue weighted by atomic mass is 9.93. The van der Waals surface area contributed by atoms with Crippen molar-refractivity contribution in [2.45, 2.75) is 25.3 Å². The number of carbonyl (C=O) groups excluding carboxylic acids is 1. The molecule has 1 fully saturated rings. The van der Waals surface area contributed by atoms with Crippen LogP contribution in [0.1, 0.15) is 19.3 Å². The Labute approximate surface area is 90.9 Å². The average Bonchev–Trinajstić information content (AvgIpc) is 2.14. The normalized spacial score (nSPS) is 16.9. The second kappa shape index (κ2) is 5.58. The molecule has 0 aromatic carbocycles. The summed E-state index contributed by atoms with van der Waals surface area (Å²) < 4.78 is 0. The summed E-state index contributed by atoms with van der Waals surface area (Å²) in [6.07, 6.45) is 3.68. The van der Waals surface area contributed by atoms with E-state index in [0.717, 1.165) is 5.96 Å². The molecule has 15 heavy (non-hydrogen) atoms. The van der Waals surface area contributed by atoms with E-state index in [0.29, 0.717) is 12.6 Å². The van der Waals surface area contributed by atoms with Gasteiger partial charge in [0.25, 0.3) is 0 Å². The number of aliphatic imine (C=N–C) groups is 1. The molecular weight excluding hydrogens is 192 g/mol. The lowest BCUT2D eigenvalue weighted by Crippen LogP contribution is -2.48. The van der Waals surface area contributed by atoms with Crippen LogP contribution in [0.25, 0.3) is 0 Å². The van der Waals surface area contributed by atoms with Gasteiger partial charge in [0, 0.05) is 27.2 Å². The zero-order valence-electron chi connectivity index (χ0n) is 9.71. The summed E-state index contributed by atoms with van der Waals surface area (Å²) in [6.45, 7) is 0.291. The largest absolute Gasteiger partial charge is 0.354 e. The molecule has 0 heterocycles. The van der Waals surface area contributed by atoms with Gasteiger partial charge in [-0.3, -0.25) is 9.79 Å². The Morgan fingerprint density at radius 2 is 2.13 bits per heavy atom. The molecule has 5 heteroatoms. The van der Waals surface area contributed by atoms with Crippen LogP contribution in [-0.4, -0.2) is 50.5 Å². The van der Waals surface area contributed by atoms with Gasteiger partial charge in [-0.2, -0.15) is 0 Å². The fourth-order valence-electron chi connectivity index (χ4n) is 1.26. The van der Waals surface area contributed by atoms with E-state index >= 15 is 0 Å². The fourth-order valence-corrected chi connectivity index (χ4v) is 1.26. The zero-order valence-corrected chi connectivity index (χ0v) is 9.71. The predicted octanol–water partition coefficient (Wildman–Crippen LogP) is -0.208. The molecule has 0 saturated heterocycles. The van der Waals surface area contributed by atoms with Crippen LogP contribution in [-0.2, 0) is 4.79 Å². The molecule has 0 aromatic rings. The minimum atomic E-state index is 0.0477. The highest BCUT2D eigenvalue weighted by molar-refractivity contribution is 5.86. The molecule has 0 aromatic heterocycles. The highest BCUT2D eigenvalue weighted by atomic mass is 16.2. The maximum atomic E-state index is 11.3. The standard InChI is InChI=1S/C10H20N4O/c1-11-10(13-8-5-4-6-8)12-7-9(15)14(2)3/h8H,4-7H2,1-3H3,(H2,11,12,13). The summed E-state index contributed by atoms with van der Waals surface area (Å²) in [5, 5.41) is 6.26. The summed E-state index contributed by atoms with van der Waals surface area (Å²) in [7, 11) is 5.20. The van der Waals surface area contributed by atoms with Crippen molar-refractivity contribution < 1.29 is 4.79 Å². The minimum Gasteiger partial charge on any atom is -0.354 e. The maximum absolute atomic E-state index is 11.3. The third-order valence-corrected chi connectivity index (χ3v) is 2.58. The second-order valence-electron chi connectivity index (χ2n) is 3.99. The SMILES string of the molecule is CN=C(NCC(=O)N(C)C)NC1CCC1. The Kier molecular flexibility index (Phi) is 4.39. The van der Waals surface area contributed by atoms with Crippen molar-refractivity contribution >= 4 is 11.9 Å². The quantitative estimate of drug-likeness (QED) is 0.503. The maximum Gasteiger partial charge on any atom is 0.241 e.